The second-order valence-corrected chi connectivity index (χ2v) is 9.69. The molecule has 1 aliphatic heterocycles. The Morgan fingerprint density at radius 3 is 2.21 bits per heavy atom. The maximum absolute atomic E-state index is 13.7. The van der Waals surface area contributed by atoms with E-state index >= 15 is 0 Å². The number of carbonyl (C=O) groups is 3. The summed E-state index contributed by atoms with van der Waals surface area (Å²) >= 11 is 0. The normalized spacial score (nSPS) is 30.2. The number of likely N-dealkylation sites (tertiary alicyclic amines) is 1. The molecule has 1 saturated heterocycles. The van der Waals surface area contributed by atoms with E-state index in [2.05, 4.69) is 12.2 Å². The number of rotatable bonds is 5. The third kappa shape index (κ3) is 2.87. The van der Waals surface area contributed by atoms with Crippen molar-refractivity contribution in [2.24, 2.45) is 35.5 Å². The van der Waals surface area contributed by atoms with Crippen molar-refractivity contribution in [3.05, 3.63) is 81.9 Å². The standard InChI is InChI=1S/C26H23N3O5/c1-14-6-2-4-8-20(14)27(24(30)17-7-3-5-9-21(17)29(33)34)13-28-25(31)22-15-10-11-16(19-12-18(15)19)23(22)26(28)32/h2-11,15-16,18-19,22-23H,12-13H2,1H3. The zero-order valence-corrected chi connectivity index (χ0v) is 18.5. The Labute approximate surface area is 196 Å². The fourth-order valence-corrected chi connectivity index (χ4v) is 6.37. The molecule has 7 rings (SSSR count). The van der Waals surface area contributed by atoms with Crippen LogP contribution >= 0.6 is 0 Å². The molecule has 4 aliphatic carbocycles. The number of para-hydroxylation sites is 2. The Morgan fingerprint density at radius 1 is 1.00 bits per heavy atom. The van der Waals surface area contributed by atoms with Crippen LogP contribution in [0.15, 0.2) is 60.7 Å². The van der Waals surface area contributed by atoms with Gasteiger partial charge in [0.25, 0.3) is 11.6 Å². The lowest BCUT2D eigenvalue weighted by Crippen LogP contribution is -2.45. The van der Waals surface area contributed by atoms with Crippen molar-refractivity contribution in [2.75, 3.05) is 11.6 Å². The highest BCUT2D eigenvalue weighted by Crippen LogP contribution is 2.65. The molecule has 3 fully saturated rings. The molecule has 0 N–H and O–H groups in total. The predicted molar refractivity (Wildman–Crippen MR) is 123 cm³/mol. The summed E-state index contributed by atoms with van der Waals surface area (Å²) in [5, 5.41) is 11.6. The van der Waals surface area contributed by atoms with E-state index in [4.69, 9.17) is 0 Å². The van der Waals surface area contributed by atoms with Gasteiger partial charge in [-0.05, 0) is 54.7 Å². The van der Waals surface area contributed by atoms with Crippen molar-refractivity contribution >= 4 is 29.1 Å². The lowest BCUT2D eigenvalue weighted by atomic mass is 9.63. The van der Waals surface area contributed by atoms with Gasteiger partial charge in [0.2, 0.25) is 11.8 Å². The van der Waals surface area contributed by atoms with Gasteiger partial charge in [0.1, 0.15) is 12.2 Å². The maximum atomic E-state index is 13.7. The molecule has 2 bridgehead atoms. The van der Waals surface area contributed by atoms with Gasteiger partial charge in [-0.25, -0.2) is 0 Å². The minimum Gasteiger partial charge on any atom is -0.289 e. The molecule has 0 aromatic heterocycles. The van der Waals surface area contributed by atoms with Gasteiger partial charge in [0.05, 0.1) is 16.8 Å². The van der Waals surface area contributed by atoms with E-state index in [1.54, 1.807) is 18.2 Å². The van der Waals surface area contributed by atoms with E-state index in [0.717, 1.165) is 12.0 Å². The summed E-state index contributed by atoms with van der Waals surface area (Å²) in [4.78, 5) is 54.2. The largest absolute Gasteiger partial charge is 0.289 e. The minimum atomic E-state index is -0.624. The number of benzene rings is 2. The first-order chi connectivity index (χ1) is 16.4. The number of nitro benzene ring substituents is 1. The highest BCUT2D eigenvalue weighted by Gasteiger charge is 2.67. The van der Waals surface area contributed by atoms with E-state index in [1.165, 1.54) is 28.0 Å². The van der Waals surface area contributed by atoms with Crippen LogP contribution in [-0.2, 0) is 9.59 Å². The summed E-state index contributed by atoms with van der Waals surface area (Å²) < 4.78 is 0. The van der Waals surface area contributed by atoms with Crippen LogP contribution in [0.5, 0.6) is 0 Å². The SMILES string of the molecule is Cc1ccccc1N(CN1C(=O)C2C3C=CC(C4CC34)C2C1=O)C(=O)c1ccccc1[N+](=O)[O-]. The van der Waals surface area contributed by atoms with Gasteiger partial charge in [-0.1, -0.05) is 42.5 Å². The molecule has 6 atom stereocenters. The first-order valence-electron chi connectivity index (χ1n) is 11.5. The summed E-state index contributed by atoms with van der Waals surface area (Å²) in [6, 6.07) is 12.9. The van der Waals surface area contributed by atoms with E-state index < -0.39 is 10.8 Å². The van der Waals surface area contributed by atoms with Gasteiger partial charge in [-0.2, -0.15) is 0 Å². The van der Waals surface area contributed by atoms with Crippen molar-refractivity contribution in [3.63, 3.8) is 0 Å². The summed E-state index contributed by atoms with van der Waals surface area (Å²) in [7, 11) is 0. The zero-order chi connectivity index (χ0) is 23.7. The third-order valence-electron chi connectivity index (χ3n) is 8.02. The Kier molecular flexibility index (Phi) is 4.49. The Balaban J connectivity index is 1.38. The molecule has 34 heavy (non-hydrogen) atoms. The number of hydrogen-bond acceptors (Lipinski definition) is 5. The molecule has 172 valence electrons. The first-order valence-corrected chi connectivity index (χ1v) is 11.5. The third-order valence-corrected chi connectivity index (χ3v) is 8.02. The Morgan fingerprint density at radius 2 is 1.59 bits per heavy atom. The number of aryl methyl sites for hydroxylation is 1. The highest BCUT2D eigenvalue weighted by atomic mass is 16.6. The van der Waals surface area contributed by atoms with Crippen LogP contribution in [0.2, 0.25) is 0 Å². The number of allylic oxidation sites excluding steroid dienone is 2. The number of anilines is 1. The highest BCUT2D eigenvalue weighted by molar-refractivity contribution is 6.11. The van der Waals surface area contributed by atoms with Crippen LogP contribution in [0.4, 0.5) is 11.4 Å². The minimum absolute atomic E-state index is 0.0827. The molecule has 2 saturated carbocycles. The van der Waals surface area contributed by atoms with Crippen LogP contribution in [-0.4, -0.2) is 34.2 Å². The van der Waals surface area contributed by atoms with Crippen LogP contribution < -0.4 is 4.90 Å². The molecule has 8 nitrogen and oxygen atoms in total. The number of hydrogen-bond donors (Lipinski definition) is 0. The van der Waals surface area contributed by atoms with E-state index in [9.17, 15) is 24.5 Å². The van der Waals surface area contributed by atoms with Gasteiger partial charge in [0, 0.05) is 11.8 Å². The fraction of sp³-hybridized carbons (Fsp3) is 0.346. The first kappa shape index (κ1) is 20.8. The van der Waals surface area contributed by atoms with Crippen LogP contribution in [0.3, 0.4) is 0 Å². The summed E-state index contributed by atoms with van der Waals surface area (Å²) in [6.07, 6.45) is 5.28. The van der Waals surface area contributed by atoms with Gasteiger partial charge in [-0.15, -0.1) is 0 Å². The smallest absolute Gasteiger partial charge is 0.282 e. The van der Waals surface area contributed by atoms with Gasteiger partial charge >= 0.3 is 0 Å². The number of nitro groups is 1. The lowest BCUT2D eigenvalue weighted by molar-refractivity contribution is -0.385. The van der Waals surface area contributed by atoms with Crippen molar-refractivity contribution in [3.8, 4) is 0 Å². The van der Waals surface area contributed by atoms with E-state index in [-0.39, 0.29) is 53.4 Å². The number of nitrogens with zero attached hydrogens (tertiary/aromatic N) is 3. The molecular formula is C26H23N3O5. The Bertz CT molecular complexity index is 1250. The number of amides is 3. The van der Waals surface area contributed by atoms with Crippen LogP contribution in [0.25, 0.3) is 0 Å². The molecule has 8 heteroatoms. The topological polar surface area (TPSA) is 101 Å². The quantitative estimate of drug-likeness (QED) is 0.296. The molecule has 1 heterocycles. The number of imide groups is 1. The van der Waals surface area contributed by atoms with E-state index in [1.807, 2.05) is 19.1 Å². The van der Waals surface area contributed by atoms with Crippen molar-refractivity contribution in [2.45, 2.75) is 13.3 Å². The molecule has 6 unspecified atom stereocenters. The molecule has 2 aromatic rings. The van der Waals surface area contributed by atoms with Crippen molar-refractivity contribution in [1.29, 1.82) is 0 Å². The van der Waals surface area contributed by atoms with Gasteiger partial charge < -0.3 is 0 Å². The fourth-order valence-electron chi connectivity index (χ4n) is 6.37. The molecule has 5 aliphatic rings. The van der Waals surface area contributed by atoms with Gasteiger partial charge in [-0.3, -0.25) is 34.3 Å². The lowest BCUT2D eigenvalue weighted by Gasteiger charge is -2.37. The summed E-state index contributed by atoms with van der Waals surface area (Å²) in [5.74, 6) is -0.720. The van der Waals surface area contributed by atoms with Crippen molar-refractivity contribution < 1.29 is 19.3 Å². The molecule has 2 aromatic carbocycles. The van der Waals surface area contributed by atoms with Crippen molar-refractivity contribution in [1.82, 2.24) is 4.90 Å². The molecule has 3 amide bonds. The average Bonchev–Trinajstić information content (AvgIpc) is 3.63. The maximum Gasteiger partial charge on any atom is 0.282 e. The molecule has 0 radical (unpaired) electrons. The van der Waals surface area contributed by atoms with E-state index in [0.29, 0.717) is 17.5 Å². The summed E-state index contributed by atoms with van der Waals surface area (Å²) in [6.45, 7) is 1.55. The predicted octanol–water partition coefficient (Wildman–Crippen LogP) is 3.56. The monoisotopic (exact) mass is 457 g/mol. The summed E-state index contributed by atoms with van der Waals surface area (Å²) in [5.41, 5.74) is 0.857. The van der Waals surface area contributed by atoms with Gasteiger partial charge in [0.15, 0.2) is 0 Å². The second kappa shape index (κ2) is 7.35. The molecular weight excluding hydrogens is 434 g/mol. The second-order valence-electron chi connectivity index (χ2n) is 9.69. The molecule has 0 spiro atoms. The van der Waals surface area contributed by atoms with Crippen LogP contribution in [0.1, 0.15) is 22.3 Å². The average molecular weight is 457 g/mol. The number of carbonyl (C=O) groups excluding carboxylic acids is 3. The van der Waals surface area contributed by atoms with Crippen LogP contribution in [0, 0.1) is 52.5 Å². The Hall–Kier alpha value is -3.81. The zero-order valence-electron chi connectivity index (χ0n) is 18.5.